The molecule has 0 aromatic carbocycles. The average molecular weight is 202 g/mol. The van der Waals surface area contributed by atoms with Crippen LogP contribution in [-0.4, -0.2) is 17.4 Å². The van der Waals surface area contributed by atoms with Crippen molar-refractivity contribution in [3.63, 3.8) is 0 Å². The summed E-state index contributed by atoms with van der Waals surface area (Å²) < 4.78 is 0. The largest absolute Gasteiger partial charge is 0.294 e. The number of rotatable bonds is 5. The molecule has 1 aliphatic carbocycles. The van der Waals surface area contributed by atoms with Gasteiger partial charge in [0.05, 0.1) is 0 Å². The molecule has 1 amide bonds. The zero-order valence-electron chi connectivity index (χ0n) is 7.92. The number of nitrogens with two attached hydrogens (primary N) is 1. The van der Waals surface area contributed by atoms with E-state index in [1.54, 1.807) is 0 Å². The first-order valence-corrected chi connectivity index (χ1v) is 6.05. The Bertz CT molecular complexity index is 158. The summed E-state index contributed by atoms with van der Waals surface area (Å²) in [7, 11) is 0. The van der Waals surface area contributed by atoms with Crippen molar-refractivity contribution in [2.24, 2.45) is 11.8 Å². The fraction of sp³-hybridized carbons (Fsp3) is 0.889. The number of carbonyl (C=O) groups excluding carboxylic acids is 1. The quantitative estimate of drug-likeness (QED) is 0.306. The lowest BCUT2D eigenvalue weighted by molar-refractivity contribution is -0.120. The molecule has 1 fully saturated rings. The molecule has 0 saturated heterocycles. The van der Waals surface area contributed by atoms with E-state index in [0.29, 0.717) is 6.42 Å². The van der Waals surface area contributed by atoms with Gasteiger partial charge in [0.25, 0.3) is 0 Å². The van der Waals surface area contributed by atoms with Crippen LogP contribution in [0.4, 0.5) is 0 Å². The first-order chi connectivity index (χ1) is 6.33. The van der Waals surface area contributed by atoms with Gasteiger partial charge in [-0.05, 0) is 24.5 Å². The Kier molecular flexibility index (Phi) is 5.23. The Morgan fingerprint density at radius 3 is 2.77 bits per heavy atom. The van der Waals surface area contributed by atoms with Crippen LogP contribution in [0.1, 0.15) is 32.1 Å². The van der Waals surface area contributed by atoms with Gasteiger partial charge in [0.15, 0.2) is 0 Å². The highest BCUT2D eigenvalue weighted by Crippen LogP contribution is 2.27. The molecule has 0 spiro atoms. The third-order valence-corrected chi connectivity index (χ3v) is 3.66. The van der Waals surface area contributed by atoms with Crippen molar-refractivity contribution in [1.82, 2.24) is 5.43 Å². The van der Waals surface area contributed by atoms with Gasteiger partial charge in [0.1, 0.15) is 0 Å². The molecule has 0 atom stereocenters. The van der Waals surface area contributed by atoms with E-state index in [4.69, 9.17) is 5.84 Å². The molecule has 0 aromatic heterocycles. The maximum Gasteiger partial charge on any atom is 0.234 e. The summed E-state index contributed by atoms with van der Waals surface area (Å²) in [4.78, 5) is 10.8. The van der Waals surface area contributed by atoms with Gasteiger partial charge in [-0.1, -0.05) is 12.8 Å². The van der Waals surface area contributed by atoms with Crippen molar-refractivity contribution >= 4 is 17.7 Å². The molecule has 4 heteroatoms. The second-order valence-corrected chi connectivity index (χ2v) is 4.69. The van der Waals surface area contributed by atoms with Crippen LogP contribution in [0.25, 0.3) is 0 Å². The standard InChI is InChI=1S/C9H18N2OS/c10-11-9(12)5-6-13-7-8-3-1-2-4-8/h8H,1-7,10H2,(H,11,12). The molecule has 0 radical (unpaired) electrons. The van der Waals surface area contributed by atoms with Gasteiger partial charge in [0.2, 0.25) is 5.91 Å². The van der Waals surface area contributed by atoms with Gasteiger partial charge < -0.3 is 0 Å². The minimum absolute atomic E-state index is 0.0566. The zero-order chi connectivity index (χ0) is 9.52. The van der Waals surface area contributed by atoms with Crippen molar-refractivity contribution in [2.45, 2.75) is 32.1 Å². The lowest BCUT2D eigenvalue weighted by atomic mass is 10.1. The van der Waals surface area contributed by atoms with E-state index in [1.165, 1.54) is 31.4 Å². The van der Waals surface area contributed by atoms with Crippen molar-refractivity contribution in [3.05, 3.63) is 0 Å². The van der Waals surface area contributed by atoms with E-state index in [0.717, 1.165) is 11.7 Å². The molecule has 1 saturated carbocycles. The van der Waals surface area contributed by atoms with Gasteiger partial charge >= 0.3 is 0 Å². The van der Waals surface area contributed by atoms with Crippen LogP contribution in [0.3, 0.4) is 0 Å². The lowest BCUT2D eigenvalue weighted by Gasteiger charge is -2.07. The van der Waals surface area contributed by atoms with Crippen molar-refractivity contribution in [1.29, 1.82) is 0 Å². The number of thioether (sulfide) groups is 1. The highest BCUT2D eigenvalue weighted by Gasteiger charge is 2.14. The molecule has 0 aliphatic heterocycles. The van der Waals surface area contributed by atoms with E-state index in [9.17, 15) is 4.79 Å². The molecule has 0 unspecified atom stereocenters. The van der Waals surface area contributed by atoms with Crippen LogP contribution < -0.4 is 11.3 Å². The molecule has 0 aromatic rings. The van der Waals surface area contributed by atoms with Gasteiger partial charge in [0, 0.05) is 12.2 Å². The van der Waals surface area contributed by atoms with E-state index in [1.807, 2.05) is 11.8 Å². The minimum atomic E-state index is -0.0566. The van der Waals surface area contributed by atoms with Gasteiger partial charge in [-0.15, -0.1) is 0 Å². The van der Waals surface area contributed by atoms with E-state index >= 15 is 0 Å². The van der Waals surface area contributed by atoms with Crippen molar-refractivity contribution in [2.75, 3.05) is 11.5 Å². The number of amides is 1. The number of hydrogen-bond donors (Lipinski definition) is 2. The lowest BCUT2D eigenvalue weighted by Crippen LogP contribution is -2.30. The summed E-state index contributed by atoms with van der Waals surface area (Å²) in [5.41, 5.74) is 2.14. The van der Waals surface area contributed by atoms with Crippen LogP contribution in [0, 0.1) is 5.92 Å². The van der Waals surface area contributed by atoms with Crippen LogP contribution in [0.5, 0.6) is 0 Å². The summed E-state index contributed by atoms with van der Waals surface area (Å²) in [5, 5.41) is 0. The molecule has 1 aliphatic rings. The minimum Gasteiger partial charge on any atom is -0.294 e. The summed E-state index contributed by atoms with van der Waals surface area (Å²) in [5.74, 6) is 7.94. The smallest absolute Gasteiger partial charge is 0.234 e. The fourth-order valence-electron chi connectivity index (χ4n) is 1.66. The normalized spacial score (nSPS) is 17.6. The zero-order valence-corrected chi connectivity index (χ0v) is 8.74. The highest BCUT2D eigenvalue weighted by atomic mass is 32.2. The molecule has 1 rings (SSSR count). The molecule has 13 heavy (non-hydrogen) atoms. The van der Waals surface area contributed by atoms with Crippen molar-refractivity contribution in [3.8, 4) is 0 Å². The van der Waals surface area contributed by atoms with Gasteiger partial charge in [-0.25, -0.2) is 5.84 Å². The Morgan fingerprint density at radius 1 is 1.46 bits per heavy atom. The Hall–Kier alpha value is -0.220. The average Bonchev–Trinajstić information content (AvgIpc) is 2.64. The SMILES string of the molecule is NNC(=O)CCSCC1CCCC1. The molecular formula is C9H18N2OS. The van der Waals surface area contributed by atoms with Crippen LogP contribution in [-0.2, 0) is 4.79 Å². The Morgan fingerprint density at radius 2 is 2.15 bits per heavy atom. The topological polar surface area (TPSA) is 55.1 Å². The van der Waals surface area contributed by atoms with Crippen LogP contribution in [0.15, 0.2) is 0 Å². The fourth-order valence-corrected chi connectivity index (χ4v) is 2.83. The third kappa shape index (κ3) is 4.52. The van der Waals surface area contributed by atoms with E-state index in [-0.39, 0.29) is 5.91 Å². The van der Waals surface area contributed by atoms with Gasteiger partial charge in [-0.3, -0.25) is 10.2 Å². The third-order valence-electron chi connectivity index (χ3n) is 2.46. The molecular weight excluding hydrogens is 184 g/mol. The Balaban J connectivity index is 1.91. The molecule has 3 nitrogen and oxygen atoms in total. The second kappa shape index (κ2) is 6.27. The first-order valence-electron chi connectivity index (χ1n) is 4.90. The predicted molar refractivity (Wildman–Crippen MR) is 56.2 cm³/mol. The maximum atomic E-state index is 10.8. The van der Waals surface area contributed by atoms with Crippen LogP contribution >= 0.6 is 11.8 Å². The molecule has 0 bridgehead atoms. The highest BCUT2D eigenvalue weighted by molar-refractivity contribution is 7.99. The number of hydrazine groups is 1. The summed E-state index contributed by atoms with van der Waals surface area (Å²) in [6, 6.07) is 0. The summed E-state index contributed by atoms with van der Waals surface area (Å²) in [6.07, 6.45) is 6.11. The predicted octanol–water partition coefficient (Wildman–Crippen LogP) is 1.29. The molecule has 76 valence electrons. The van der Waals surface area contributed by atoms with Crippen LogP contribution in [0.2, 0.25) is 0 Å². The van der Waals surface area contributed by atoms with E-state index in [2.05, 4.69) is 5.43 Å². The molecule has 3 N–H and O–H groups in total. The summed E-state index contributed by atoms with van der Waals surface area (Å²) >= 11 is 1.88. The second-order valence-electron chi connectivity index (χ2n) is 3.54. The molecule has 0 heterocycles. The number of carbonyl (C=O) groups is 1. The first kappa shape index (κ1) is 10.9. The maximum absolute atomic E-state index is 10.8. The van der Waals surface area contributed by atoms with Gasteiger partial charge in [-0.2, -0.15) is 11.8 Å². The summed E-state index contributed by atoms with van der Waals surface area (Å²) in [6.45, 7) is 0. The number of hydrogen-bond acceptors (Lipinski definition) is 3. The van der Waals surface area contributed by atoms with E-state index < -0.39 is 0 Å². The number of nitrogens with one attached hydrogen (secondary N) is 1. The van der Waals surface area contributed by atoms with Crippen molar-refractivity contribution < 1.29 is 4.79 Å². The monoisotopic (exact) mass is 202 g/mol. The Labute approximate surface area is 83.8 Å².